The molecule has 0 amide bonds. The number of ether oxygens (including phenoxy) is 2. The van der Waals surface area contributed by atoms with Gasteiger partial charge in [0, 0.05) is 11.1 Å². The van der Waals surface area contributed by atoms with Crippen LogP contribution in [0.25, 0.3) is 0 Å². The zero-order valence-electron chi connectivity index (χ0n) is 28.1. The Hall–Kier alpha value is -2.12. The molecule has 0 spiro atoms. The van der Waals surface area contributed by atoms with Gasteiger partial charge in [0.2, 0.25) is 0 Å². The molecule has 0 aliphatic carbocycles. The Morgan fingerprint density at radius 1 is 0.568 bits per heavy atom. The Bertz CT molecular complexity index is 946. The van der Waals surface area contributed by atoms with E-state index in [1.165, 1.54) is 22.6 Å². The van der Waals surface area contributed by atoms with Crippen molar-refractivity contribution in [1.82, 2.24) is 0 Å². The van der Waals surface area contributed by atoms with Crippen LogP contribution in [0.1, 0.15) is 98.8 Å². The lowest BCUT2D eigenvalue weighted by Gasteiger charge is -2.20. The van der Waals surface area contributed by atoms with Crippen molar-refractivity contribution in [2.45, 2.75) is 78.1 Å². The number of hydrogen-bond acceptors (Lipinski definition) is 4. The standard InChI is InChI=1S/C36H56N2O4.2ClH/c1-7-9-13-25-41-33-21-17-29(18-22-33)35(39)31(27-37(3)4)15-11-12-16-32(28-38(5)6)36(40)30-19-23-34(24-20-30)42-26-14-10-8-2;;/h17-24,31-32H,7-16,25-28H2,1-6H3;2*1H. The number of nitrogens with one attached hydrogen (secondary N) is 2. The molecule has 0 aromatic heterocycles. The van der Waals surface area contributed by atoms with Crippen molar-refractivity contribution >= 4 is 11.6 Å². The Kier molecular flexibility index (Phi) is 23.0. The van der Waals surface area contributed by atoms with Crippen molar-refractivity contribution in [3.63, 3.8) is 0 Å². The summed E-state index contributed by atoms with van der Waals surface area (Å²) in [7, 11) is 8.40. The summed E-state index contributed by atoms with van der Waals surface area (Å²) in [5.41, 5.74) is 1.51. The minimum absolute atomic E-state index is 0. The summed E-state index contributed by atoms with van der Waals surface area (Å²) in [6, 6.07) is 15.3. The molecule has 0 radical (unpaired) electrons. The highest BCUT2D eigenvalue weighted by Crippen LogP contribution is 2.22. The first-order chi connectivity index (χ1) is 20.2. The molecule has 44 heavy (non-hydrogen) atoms. The van der Waals surface area contributed by atoms with Crippen LogP contribution in [0.4, 0.5) is 0 Å². The zero-order valence-corrected chi connectivity index (χ0v) is 29.6. The van der Waals surface area contributed by atoms with Crippen molar-refractivity contribution in [2.75, 3.05) is 54.5 Å². The van der Waals surface area contributed by atoms with Crippen molar-refractivity contribution in [1.29, 1.82) is 0 Å². The highest BCUT2D eigenvalue weighted by molar-refractivity contribution is 5.98. The fourth-order valence-electron chi connectivity index (χ4n) is 5.41. The molecule has 0 fully saturated rings. The molecule has 0 saturated carbocycles. The molecule has 2 aromatic rings. The summed E-state index contributed by atoms with van der Waals surface area (Å²) >= 11 is 0. The maximum Gasteiger partial charge on any atom is 0.171 e. The third-order valence-electron chi connectivity index (χ3n) is 7.72. The molecule has 0 heterocycles. The van der Waals surface area contributed by atoms with E-state index in [0.717, 1.165) is 87.1 Å². The van der Waals surface area contributed by atoms with Crippen LogP contribution in [0.3, 0.4) is 0 Å². The van der Waals surface area contributed by atoms with Crippen LogP contribution < -0.4 is 44.1 Å². The van der Waals surface area contributed by atoms with E-state index in [-0.39, 0.29) is 48.2 Å². The second-order valence-electron chi connectivity index (χ2n) is 12.4. The molecule has 2 rings (SSSR count). The van der Waals surface area contributed by atoms with E-state index in [0.29, 0.717) is 13.2 Å². The lowest BCUT2D eigenvalue weighted by molar-refractivity contribution is -0.861. The SMILES string of the molecule is CCCCCOc1ccc(C(=O)C(CCCCC(C[NH+](C)C)C(=O)c2ccc(OCCCCC)cc2)C[NH+](C)C)cc1.[Cl-].[Cl-]. The van der Waals surface area contributed by atoms with E-state index in [1.807, 2.05) is 48.5 Å². The van der Waals surface area contributed by atoms with E-state index in [4.69, 9.17) is 9.47 Å². The molecule has 2 unspecified atom stereocenters. The summed E-state index contributed by atoms with van der Waals surface area (Å²) < 4.78 is 11.7. The summed E-state index contributed by atoms with van der Waals surface area (Å²) in [4.78, 5) is 29.5. The number of carbonyl (C=O) groups is 2. The van der Waals surface area contributed by atoms with Gasteiger partial charge in [0.1, 0.15) is 11.5 Å². The largest absolute Gasteiger partial charge is 1.00 e. The first-order valence-electron chi connectivity index (χ1n) is 16.4. The van der Waals surface area contributed by atoms with Gasteiger partial charge in [0.05, 0.1) is 66.3 Å². The van der Waals surface area contributed by atoms with Gasteiger partial charge in [-0.15, -0.1) is 0 Å². The third-order valence-corrected chi connectivity index (χ3v) is 7.72. The number of rotatable bonds is 23. The van der Waals surface area contributed by atoms with Crippen LogP contribution in [0.15, 0.2) is 48.5 Å². The first-order valence-corrected chi connectivity index (χ1v) is 16.4. The minimum atomic E-state index is -0.0372. The van der Waals surface area contributed by atoms with Gasteiger partial charge < -0.3 is 44.1 Å². The molecule has 0 saturated heterocycles. The highest BCUT2D eigenvalue weighted by Gasteiger charge is 2.25. The van der Waals surface area contributed by atoms with Gasteiger partial charge in [-0.05, 0) is 74.2 Å². The van der Waals surface area contributed by atoms with Gasteiger partial charge in [-0.3, -0.25) is 9.59 Å². The smallest absolute Gasteiger partial charge is 0.171 e. The van der Waals surface area contributed by atoms with Gasteiger partial charge in [0.25, 0.3) is 0 Å². The summed E-state index contributed by atoms with van der Waals surface area (Å²) in [6.45, 7) is 7.38. The lowest BCUT2D eigenvalue weighted by Crippen LogP contribution is -3.06. The maximum absolute atomic E-state index is 13.5. The zero-order chi connectivity index (χ0) is 30.7. The Morgan fingerprint density at radius 3 is 1.20 bits per heavy atom. The molecule has 2 atom stereocenters. The van der Waals surface area contributed by atoms with E-state index < -0.39 is 0 Å². The number of unbranched alkanes of at least 4 members (excludes halogenated alkanes) is 5. The number of halogens is 2. The highest BCUT2D eigenvalue weighted by atomic mass is 35.5. The van der Waals surface area contributed by atoms with Gasteiger partial charge in [-0.1, -0.05) is 52.4 Å². The average Bonchev–Trinajstić information content (AvgIpc) is 2.98. The predicted molar refractivity (Wildman–Crippen MR) is 172 cm³/mol. The first kappa shape index (κ1) is 41.9. The maximum atomic E-state index is 13.5. The summed E-state index contributed by atoms with van der Waals surface area (Å²) in [5, 5.41) is 0. The number of benzene rings is 2. The van der Waals surface area contributed by atoms with Crippen LogP contribution in [0, 0.1) is 11.8 Å². The fraction of sp³-hybridized carbons (Fsp3) is 0.611. The number of ketones is 2. The third kappa shape index (κ3) is 16.3. The molecular formula is C36H58Cl2N2O4. The number of Topliss-reactive ketones (excluding diaryl/α,β-unsaturated/α-hetero) is 2. The van der Waals surface area contributed by atoms with E-state index in [1.54, 1.807) is 0 Å². The minimum Gasteiger partial charge on any atom is -1.00 e. The van der Waals surface area contributed by atoms with Crippen molar-refractivity contribution in [3.05, 3.63) is 59.7 Å². The van der Waals surface area contributed by atoms with E-state index >= 15 is 0 Å². The Labute approximate surface area is 280 Å². The van der Waals surface area contributed by atoms with Gasteiger partial charge in [-0.2, -0.15) is 0 Å². The van der Waals surface area contributed by atoms with Gasteiger partial charge >= 0.3 is 0 Å². The molecule has 6 nitrogen and oxygen atoms in total. The average molecular weight is 654 g/mol. The Morgan fingerprint density at radius 2 is 0.909 bits per heavy atom. The monoisotopic (exact) mass is 652 g/mol. The van der Waals surface area contributed by atoms with Crippen LogP contribution in [0.2, 0.25) is 0 Å². The van der Waals surface area contributed by atoms with Crippen LogP contribution in [-0.4, -0.2) is 66.1 Å². The lowest BCUT2D eigenvalue weighted by atomic mass is 9.88. The quantitative estimate of drug-likeness (QED) is 0.119. The summed E-state index contributed by atoms with van der Waals surface area (Å²) in [6.07, 6.45) is 10.3. The number of hydrogen-bond donors (Lipinski definition) is 2. The van der Waals surface area contributed by atoms with Crippen LogP contribution >= 0.6 is 0 Å². The van der Waals surface area contributed by atoms with E-state index in [9.17, 15) is 9.59 Å². The Balaban J connectivity index is 0.00000924. The van der Waals surface area contributed by atoms with Gasteiger partial charge in [-0.25, -0.2) is 0 Å². The molecule has 2 N–H and O–H groups in total. The van der Waals surface area contributed by atoms with Crippen molar-refractivity contribution < 1.29 is 53.7 Å². The molecule has 0 aliphatic heterocycles. The topological polar surface area (TPSA) is 61.5 Å². The predicted octanol–water partition coefficient (Wildman–Crippen LogP) is -1.02. The number of quaternary nitrogens is 2. The molecule has 8 heteroatoms. The molecule has 250 valence electrons. The van der Waals surface area contributed by atoms with E-state index in [2.05, 4.69) is 42.0 Å². The summed E-state index contributed by atoms with van der Waals surface area (Å²) in [5.74, 6) is 1.98. The van der Waals surface area contributed by atoms with Gasteiger partial charge in [0.15, 0.2) is 11.6 Å². The van der Waals surface area contributed by atoms with Crippen LogP contribution in [-0.2, 0) is 0 Å². The van der Waals surface area contributed by atoms with Crippen molar-refractivity contribution in [2.24, 2.45) is 11.8 Å². The molecule has 2 aromatic carbocycles. The normalized spacial score (nSPS) is 12.3. The molecular weight excluding hydrogens is 595 g/mol. The number of carbonyl (C=O) groups excluding carboxylic acids is 2. The fourth-order valence-corrected chi connectivity index (χ4v) is 5.41. The molecule has 0 aliphatic rings. The van der Waals surface area contributed by atoms with Crippen molar-refractivity contribution in [3.8, 4) is 11.5 Å². The van der Waals surface area contributed by atoms with Crippen LogP contribution in [0.5, 0.6) is 11.5 Å². The second-order valence-corrected chi connectivity index (χ2v) is 12.4. The second kappa shape index (κ2) is 24.2. The molecule has 0 bridgehead atoms.